The van der Waals surface area contributed by atoms with Crippen LogP contribution in [0, 0.1) is 0 Å². The second-order valence-electron chi connectivity index (χ2n) is 11.7. The largest absolute Gasteiger partial charge is 0.492 e. The van der Waals surface area contributed by atoms with E-state index < -0.39 is 11.0 Å². The highest BCUT2D eigenvalue weighted by atomic mass is 79.9. The van der Waals surface area contributed by atoms with Crippen molar-refractivity contribution in [2.24, 2.45) is 0 Å². The summed E-state index contributed by atoms with van der Waals surface area (Å²) < 4.78 is 12.4. The molecule has 2 aliphatic heterocycles. The van der Waals surface area contributed by atoms with Crippen LogP contribution in [-0.4, -0.2) is 61.7 Å². The van der Waals surface area contributed by atoms with Gasteiger partial charge in [0.15, 0.2) is 0 Å². The molecular weight excluding hydrogens is 582 g/mol. The van der Waals surface area contributed by atoms with E-state index in [0.717, 1.165) is 59.9 Å². The van der Waals surface area contributed by atoms with Crippen LogP contribution in [0.4, 0.5) is 11.4 Å². The standard InChI is InChI=1S/C33H38BrN3O4/c1-23(38)37-30-14-11-27(35-31(39)24-5-9-26(34)10-6-24)21-29(30)33(4,22-32(37,2)3)25-7-12-28(13-8-25)41-20-17-36-15-18-40-19-16-36/h5-14,21H,15-20,22H2,1-4H3,(H,35,39). The number of anilines is 2. The van der Waals surface area contributed by atoms with Gasteiger partial charge in [-0.05, 0) is 86.0 Å². The number of hydrogen-bond donors (Lipinski definition) is 1. The van der Waals surface area contributed by atoms with Crippen molar-refractivity contribution in [1.82, 2.24) is 4.90 Å². The molecule has 0 spiro atoms. The van der Waals surface area contributed by atoms with Crippen LogP contribution in [0.25, 0.3) is 0 Å². The molecule has 1 atom stereocenters. The Balaban J connectivity index is 1.42. The minimum atomic E-state index is -0.414. The second-order valence-corrected chi connectivity index (χ2v) is 12.6. The molecule has 0 aliphatic carbocycles. The summed E-state index contributed by atoms with van der Waals surface area (Å²) in [4.78, 5) is 30.1. The highest BCUT2D eigenvalue weighted by Crippen LogP contribution is 2.51. The van der Waals surface area contributed by atoms with Gasteiger partial charge in [0.05, 0.1) is 13.2 Å². The highest BCUT2D eigenvalue weighted by molar-refractivity contribution is 9.10. The molecule has 2 aliphatic rings. The SMILES string of the molecule is CC(=O)N1c2ccc(NC(=O)c3ccc(Br)cc3)cc2C(C)(c2ccc(OCCN3CCOCC3)cc2)CC1(C)C. The van der Waals surface area contributed by atoms with E-state index in [1.807, 2.05) is 47.4 Å². The lowest BCUT2D eigenvalue weighted by atomic mass is 9.65. The van der Waals surface area contributed by atoms with E-state index in [9.17, 15) is 9.59 Å². The minimum Gasteiger partial charge on any atom is -0.492 e. The number of carbonyl (C=O) groups is 2. The molecule has 1 unspecified atom stereocenters. The molecule has 1 N–H and O–H groups in total. The number of ether oxygens (including phenoxy) is 2. The lowest BCUT2D eigenvalue weighted by molar-refractivity contribution is -0.117. The zero-order chi connectivity index (χ0) is 29.2. The Kier molecular flexibility index (Phi) is 8.55. The van der Waals surface area contributed by atoms with E-state index in [-0.39, 0.29) is 11.8 Å². The first kappa shape index (κ1) is 29.3. The molecule has 2 heterocycles. The Morgan fingerprint density at radius 1 is 0.976 bits per heavy atom. The predicted octanol–water partition coefficient (Wildman–Crippen LogP) is 6.25. The van der Waals surface area contributed by atoms with Crippen molar-refractivity contribution in [3.63, 3.8) is 0 Å². The van der Waals surface area contributed by atoms with Gasteiger partial charge in [-0.15, -0.1) is 0 Å². The number of hydrogen-bond acceptors (Lipinski definition) is 5. The molecule has 0 radical (unpaired) electrons. The molecule has 7 nitrogen and oxygen atoms in total. The topological polar surface area (TPSA) is 71.1 Å². The van der Waals surface area contributed by atoms with Crippen LogP contribution in [0.3, 0.4) is 0 Å². The van der Waals surface area contributed by atoms with E-state index in [1.165, 1.54) is 0 Å². The summed E-state index contributed by atoms with van der Waals surface area (Å²) in [7, 11) is 0. The fraction of sp³-hybridized carbons (Fsp3) is 0.394. The van der Waals surface area contributed by atoms with Gasteiger partial charge in [0, 0.05) is 58.9 Å². The first-order valence-corrected chi connectivity index (χ1v) is 14.9. The number of carbonyl (C=O) groups excluding carboxylic acids is 2. The number of nitrogens with zero attached hydrogens (tertiary/aromatic N) is 2. The molecule has 0 bridgehead atoms. The van der Waals surface area contributed by atoms with Crippen LogP contribution in [0.5, 0.6) is 5.75 Å². The minimum absolute atomic E-state index is 0.00559. The Labute approximate surface area is 250 Å². The molecule has 1 saturated heterocycles. The Morgan fingerprint density at radius 2 is 1.66 bits per heavy atom. The molecule has 5 rings (SSSR count). The van der Waals surface area contributed by atoms with Crippen molar-refractivity contribution < 1.29 is 19.1 Å². The summed E-state index contributed by atoms with van der Waals surface area (Å²) in [5.41, 5.74) is 3.44. The number of benzene rings is 3. The molecule has 3 aromatic carbocycles. The Hall–Kier alpha value is -3.20. The van der Waals surface area contributed by atoms with Gasteiger partial charge in [-0.2, -0.15) is 0 Å². The van der Waals surface area contributed by atoms with E-state index in [2.05, 4.69) is 59.1 Å². The monoisotopic (exact) mass is 619 g/mol. The third-order valence-corrected chi connectivity index (χ3v) is 8.70. The average molecular weight is 621 g/mol. The fourth-order valence-electron chi connectivity index (χ4n) is 6.31. The number of halogens is 1. The lowest BCUT2D eigenvalue weighted by Crippen LogP contribution is -2.55. The van der Waals surface area contributed by atoms with Gasteiger partial charge in [-0.25, -0.2) is 0 Å². The zero-order valence-electron chi connectivity index (χ0n) is 24.2. The molecule has 0 aromatic heterocycles. The molecule has 216 valence electrons. The number of amides is 2. The number of rotatable bonds is 7. The molecular formula is C33H38BrN3O4. The van der Waals surface area contributed by atoms with Gasteiger partial charge in [0.1, 0.15) is 12.4 Å². The third-order valence-electron chi connectivity index (χ3n) is 8.17. The molecule has 3 aromatic rings. The van der Waals surface area contributed by atoms with Gasteiger partial charge in [-0.3, -0.25) is 14.5 Å². The first-order chi connectivity index (χ1) is 19.6. The van der Waals surface area contributed by atoms with Crippen molar-refractivity contribution in [3.8, 4) is 5.75 Å². The summed E-state index contributed by atoms with van der Waals surface area (Å²) in [6.45, 7) is 13.0. The molecule has 8 heteroatoms. The van der Waals surface area contributed by atoms with Gasteiger partial charge in [-0.1, -0.05) is 35.0 Å². The Morgan fingerprint density at radius 3 is 2.32 bits per heavy atom. The quantitative estimate of drug-likeness (QED) is 0.338. The summed E-state index contributed by atoms with van der Waals surface area (Å²) in [5.74, 6) is 0.646. The summed E-state index contributed by atoms with van der Waals surface area (Å²) >= 11 is 3.42. The summed E-state index contributed by atoms with van der Waals surface area (Å²) in [6.07, 6.45) is 0.716. The smallest absolute Gasteiger partial charge is 0.255 e. The van der Waals surface area contributed by atoms with Gasteiger partial charge in [0.25, 0.3) is 5.91 Å². The van der Waals surface area contributed by atoms with Crippen LogP contribution >= 0.6 is 15.9 Å². The number of nitrogens with one attached hydrogen (secondary N) is 1. The normalized spacial score (nSPS) is 20.3. The summed E-state index contributed by atoms with van der Waals surface area (Å²) in [6, 6.07) is 21.4. The molecule has 0 saturated carbocycles. The van der Waals surface area contributed by atoms with Gasteiger partial charge >= 0.3 is 0 Å². The Bertz CT molecular complexity index is 1400. The molecule has 41 heavy (non-hydrogen) atoms. The molecule has 2 amide bonds. The second kappa shape index (κ2) is 12.0. The van der Waals surface area contributed by atoms with Crippen LogP contribution in [0.2, 0.25) is 0 Å². The average Bonchev–Trinajstić information content (AvgIpc) is 2.94. The van der Waals surface area contributed by atoms with Gasteiger partial charge in [0.2, 0.25) is 5.91 Å². The lowest BCUT2D eigenvalue weighted by Gasteiger charge is -2.51. The maximum absolute atomic E-state index is 13.0. The van der Waals surface area contributed by atoms with Crippen molar-refractivity contribution in [2.75, 3.05) is 49.7 Å². The van der Waals surface area contributed by atoms with Crippen LogP contribution < -0.4 is 15.0 Å². The van der Waals surface area contributed by atoms with E-state index in [1.54, 1.807) is 19.1 Å². The number of morpholine rings is 1. The predicted molar refractivity (Wildman–Crippen MR) is 166 cm³/mol. The van der Waals surface area contributed by atoms with Gasteiger partial charge < -0.3 is 19.7 Å². The van der Waals surface area contributed by atoms with Crippen molar-refractivity contribution in [1.29, 1.82) is 0 Å². The van der Waals surface area contributed by atoms with Crippen molar-refractivity contribution in [2.45, 2.75) is 45.1 Å². The maximum Gasteiger partial charge on any atom is 0.255 e. The molecule has 1 fully saturated rings. The van der Waals surface area contributed by atoms with E-state index in [0.29, 0.717) is 24.3 Å². The third kappa shape index (κ3) is 6.35. The van der Waals surface area contributed by atoms with Crippen LogP contribution in [0.15, 0.2) is 71.2 Å². The van der Waals surface area contributed by atoms with E-state index >= 15 is 0 Å². The maximum atomic E-state index is 13.0. The fourth-order valence-corrected chi connectivity index (χ4v) is 6.57. The first-order valence-electron chi connectivity index (χ1n) is 14.1. The summed E-state index contributed by atoms with van der Waals surface area (Å²) in [5, 5.41) is 3.05. The van der Waals surface area contributed by atoms with Crippen LogP contribution in [0.1, 0.15) is 55.6 Å². The van der Waals surface area contributed by atoms with Crippen molar-refractivity contribution in [3.05, 3.63) is 87.9 Å². The highest BCUT2D eigenvalue weighted by Gasteiger charge is 2.47. The van der Waals surface area contributed by atoms with Crippen LogP contribution in [-0.2, 0) is 14.9 Å². The number of fused-ring (bicyclic) bond motifs is 1. The van der Waals surface area contributed by atoms with Crippen molar-refractivity contribution >= 4 is 39.1 Å². The zero-order valence-corrected chi connectivity index (χ0v) is 25.8. The van der Waals surface area contributed by atoms with E-state index in [4.69, 9.17) is 9.47 Å².